The maximum Gasteiger partial charge on any atom is 0.226 e. The van der Waals surface area contributed by atoms with Crippen LogP contribution >= 0.6 is 0 Å². The molecule has 0 heterocycles. The molecular weight excluding hydrogens is 264 g/mol. The predicted molar refractivity (Wildman–Crippen MR) is 86.2 cm³/mol. The van der Waals surface area contributed by atoms with Gasteiger partial charge in [0.15, 0.2) is 0 Å². The van der Waals surface area contributed by atoms with E-state index < -0.39 is 0 Å². The van der Waals surface area contributed by atoms with Gasteiger partial charge in [-0.05, 0) is 25.0 Å². The van der Waals surface area contributed by atoms with Gasteiger partial charge in [-0.3, -0.25) is 9.59 Å². The molecule has 0 radical (unpaired) electrons. The van der Waals surface area contributed by atoms with Crippen LogP contribution in [-0.4, -0.2) is 25.4 Å². The Hall–Kier alpha value is -1.84. The summed E-state index contributed by atoms with van der Waals surface area (Å²) in [4.78, 5) is 25.2. The van der Waals surface area contributed by atoms with Gasteiger partial charge in [0, 0.05) is 32.1 Å². The van der Waals surface area contributed by atoms with Gasteiger partial charge < -0.3 is 10.2 Å². The molecule has 4 heteroatoms. The summed E-state index contributed by atoms with van der Waals surface area (Å²) in [6, 6.07) is 9.53. The van der Waals surface area contributed by atoms with Crippen LogP contribution in [0, 0.1) is 0 Å². The second-order valence-electron chi connectivity index (χ2n) is 5.20. The minimum atomic E-state index is 0.0417. The lowest BCUT2D eigenvalue weighted by atomic mass is 10.2. The normalized spacial score (nSPS) is 10.2. The number of hydrogen-bond acceptors (Lipinski definition) is 2. The molecule has 0 spiro atoms. The van der Waals surface area contributed by atoms with Crippen molar-refractivity contribution in [2.24, 2.45) is 0 Å². The fourth-order valence-electron chi connectivity index (χ4n) is 2.05. The molecule has 21 heavy (non-hydrogen) atoms. The van der Waals surface area contributed by atoms with Gasteiger partial charge in [-0.25, -0.2) is 0 Å². The van der Waals surface area contributed by atoms with E-state index in [1.54, 1.807) is 11.9 Å². The van der Waals surface area contributed by atoms with Crippen LogP contribution in [0.4, 0.5) is 5.69 Å². The van der Waals surface area contributed by atoms with Crippen molar-refractivity contribution in [1.29, 1.82) is 0 Å². The molecule has 1 N–H and O–H groups in total. The Bertz CT molecular complexity index is 432. The zero-order valence-corrected chi connectivity index (χ0v) is 13.1. The second-order valence-corrected chi connectivity index (χ2v) is 5.20. The monoisotopic (exact) mass is 290 g/mol. The number of anilines is 1. The van der Waals surface area contributed by atoms with E-state index in [1.807, 2.05) is 30.3 Å². The number of carbonyl (C=O) groups is 2. The first-order valence-corrected chi connectivity index (χ1v) is 7.73. The van der Waals surface area contributed by atoms with E-state index in [0.29, 0.717) is 19.3 Å². The van der Waals surface area contributed by atoms with Crippen molar-refractivity contribution >= 4 is 17.5 Å². The molecule has 0 atom stereocenters. The minimum Gasteiger partial charge on any atom is -0.356 e. The Kier molecular flexibility index (Phi) is 8.17. The van der Waals surface area contributed by atoms with Crippen LogP contribution in [0.5, 0.6) is 0 Å². The molecule has 0 saturated heterocycles. The van der Waals surface area contributed by atoms with Crippen LogP contribution in [0.1, 0.15) is 45.4 Å². The number of unbranched alkanes of at least 4 members (excludes halogenated alkanes) is 2. The highest BCUT2D eigenvalue weighted by molar-refractivity contribution is 5.92. The molecule has 0 saturated carbocycles. The molecule has 0 aliphatic heterocycles. The van der Waals surface area contributed by atoms with Crippen LogP contribution in [0.25, 0.3) is 0 Å². The van der Waals surface area contributed by atoms with Gasteiger partial charge in [-0.15, -0.1) is 0 Å². The number of amides is 2. The van der Waals surface area contributed by atoms with Gasteiger partial charge in [-0.1, -0.05) is 38.0 Å². The molecule has 4 nitrogen and oxygen atoms in total. The maximum atomic E-state index is 12.0. The quantitative estimate of drug-likeness (QED) is 0.710. The average molecular weight is 290 g/mol. The molecule has 0 unspecified atom stereocenters. The first-order valence-electron chi connectivity index (χ1n) is 7.73. The smallest absolute Gasteiger partial charge is 0.226 e. The molecule has 116 valence electrons. The largest absolute Gasteiger partial charge is 0.356 e. The molecule has 1 rings (SSSR count). The Labute approximate surface area is 127 Å². The number of para-hydroxylation sites is 1. The van der Waals surface area contributed by atoms with Gasteiger partial charge in [0.25, 0.3) is 0 Å². The lowest BCUT2D eigenvalue weighted by molar-refractivity contribution is -0.121. The highest BCUT2D eigenvalue weighted by Gasteiger charge is 2.11. The van der Waals surface area contributed by atoms with Crippen molar-refractivity contribution in [1.82, 2.24) is 5.32 Å². The number of rotatable bonds is 9. The Morgan fingerprint density at radius 3 is 2.43 bits per heavy atom. The highest BCUT2D eigenvalue weighted by atomic mass is 16.2. The minimum absolute atomic E-state index is 0.0417. The molecule has 1 aromatic rings. The van der Waals surface area contributed by atoms with Gasteiger partial charge in [0.05, 0.1) is 0 Å². The van der Waals surface area contributed by atoms with E-state index in [9.17, 15) is 9.59 Å². The lowest BCUT2D eigenvalue weighted by Crippen LogP contribution is -2.27. The summed E-state index contributed by atoms with van der Waals surface area (Å²) >= 11 is 0. The number of carbonyl (C=O) groups excluding carboxylic acids is 2. The molecule has 0 aliphatic carbocycles. The Morgan fingerprint density at radius 2 is 1.76 bits per heavy atom. The Balaban J connectivity index is 2.20. The summed E-state index contributed by atoms with van der Waals surface area (Å²) in [5.41, 5.74) is 0.881. The van der Waals surface area contributed by atoms with E-state index >= 15 is 0 Å². The summed E-state index contributed by atoms with van der Waals surface area (Å²) in [5.74, 6) is 0.0845. The molecule has 1 aromatic carbocycles. The van der Waals surface area contributed by atoms with Crippen LogP contribution in [0.15, 0.2) is 30.3 Å². The summed E-state index contributed by atoms with van der Waals surface area (Å²) in [6.45, 7) is 2.88. The second kappa shape index (κ2) is 9.97. The molecule has 0 aromatic heterocycles. The highest BCUT2D eigenvalue weighted by Crippen LogP contribution is 2.13. The van der Waals surface area contributed by atoms with Crippen molar-refractivity contribution in [3.05, 3.63) is 30.3 Å². The van der Waals surface area contributed by atoms with Gasteiger partial charge in [-0.2, -0.15) is 0 Å². The third-order valence-corrected chi connectivity index (χ3v) is 3.41. The van der Waals surface area contributed by atoms with Gasteiger partial charge in [0.2, 0.25) is 11.8 Å². The van der Waals surface area contributed by atoms with E-state index in [0.717, 1.165) is 31.5 Å². The first-order chi connectivity index (χ1) is 10.1. The molecular formula is C17H26N2O2. The van der Waals surface area contributed by atoms with E-state index in [1.165, 1.54) is 0 Å². The maximum absolute atomic E-state index is 12.0. The summed E-state index contributed by atoms with van der Waals surface area (Å²) in [7, 11) is 1.77. The number of nitrogens with one attached hydrogen (secondary N) is 1. The molecule has 0 bridgehead atoms. The van der Waals surface area contributed by atoms with Crippen LogP contribution < -0.4 is 10.2 Å². The lowest BCUT2D eigenvalue weighted by Gasteiger charge is -2.17. The average Bonchev–Trinajstić information content (AvgIpc) is 2.51. The van der Waals surface area contributed by atoms with E-state index in [2.05, 4.69) is 12.2 Å². The standard InChI is InChI=1S/C17H26N2O2/c1-3-4-8-14-18-16(20)12-9-13-17(21)19(2)15-10-6-5-7-11-15/h5-7,10-11H,3-4,8-9,12-14H2,1-2H3,(H,18,20). The molecule has 0 fully saturated rings. The van der Waals surface area contributed by atoms with Gasteiger partial charge in [0.1, 0.15) is 0 Å². The predicted octanol–water partition coefficient (Wildman–Crippen LogP) is 3.13. The topological polar surface area (TPSA) is 49.4 Å². The van der Waals surface area contributed by atoms with E-state index in [-0.39, 0.29) is 11.8 Å². The summed E-state index contributed by atoms with van der Waals surface area (Å²) in [5, 5.41) is 2.89. The van der Waals surface area contributed by atoms with Crippen molar-refractivity contribution in [2.75, 3.05) is 18.5 Å². The summed E-state index contributed by atoms with van der Waals surface area (Å²) in [6.07, 6.45) is 4.72. The molecule has 0 aliphatic rings. The van der Waals surface area contributed by atoms with Crippen molar-refractivity contribution in [2.45, 2.75) is 45.4 Å². The third kappa shape index (κ3) is 6.93. The SMILES string of the molecule is CCCCCNC(=O)CCCC(=O)N(C)c1ccccc1. The van der Waals surface area contributed by atoms with Crippen molar-refractivity contribution in [3.63, 3.8) is 0 Å². The van der Waals surface area contributed by atoms with Crippen LogP contribution in [0.2, 0.25) is 0 Å². The van der Waals surface area contributed by atoms with Crippen molar-refractivity contribution < 1.29 is 9.59 Å². The summed E-state index contributed by atoms with van der Waals surface area (Å²) < 4.78 is 0. The first kappa shape index (κ1) is 17.2. The zero-order valence-electron chi connectivity index (χ0n) is 13.1. The number of hydrogen-bond donors (Lipinski definition) is 1. The van der Waals surface area contributed by atoms with Crippen LogP contribution in [0.3, 0.4) is 0 Å². The number of nitrogens with zero attached hydrogens (tertiary/aromatic N) is 1. The fourth-order valence-corrected chi connectivity index (χ4v) is 2.05. The Morgan fingerprint density at radius 1 is 1.05 bits per heavy atom. The van der Waals surface area contributed by atoms with Gasteiger partial charge >= 0.3 is 0 Å². The van der Waals surface area contributed by atoms with Crippen molar-refractivity contribution in [3.8, 4) is 0 Å². The van der Waals surface area contributed by atoms with Crippen LogP contribution in [-0.2, 0) is 9.59 Å². The fraction of sp³-hybridized carbons (Fsp3) is 0.529. The third-order valence-electron chi connectivity index (χ3n) is 3.41. The zero-order chi connectivity index (χ0) is 15.5. The number of benzene rings is 1. The van der Waals surface area contributed by atoms with E-state index in [4.69, 9.17) is 0 Å². The molecule has 2 amide bonds.